The Morgan fingerprint density at radius 3 is 2.59 bits per heavy atom. The lowest BCUT2D eigenvalue weighted by molar-refractivity contribution is -0.142. The minimum absolute atomic E-state index is 0.153. The van der Waals surface area contributed by atoms with Crippen LogP contribution in [-0.4, -0.2) is 43.3 Å². The molecule has 4 rings (SSSR count). The van der Waals surface area contributed by atoms with Crippen LogP contribution in [0.25, 0.3) is 0 Å². The zero-order valence-electron chi connectivity index (χ0n) is 21.6. The van der Waals surface area contributed by atoms with Crippen LogP contribution in [0.3, 0.4) is 0 Å². The van der Waals surface area contributed by atoms with Gasteiger partial charge in [-0.1, -0.05) is 12.1 Å². The summed E-state index contributed by atoms with van der Waals surface area (Å²) in [7, 11) is 2.02. The maximum Gasteiger partial charge on any atom is 0.313 e. The molecule has 0 saturated heterocycles. The quantitative estimate of drug-likeness (QED) is 0.450. The summed E-state index contributed by atoms with van der Waals surface area (Å²) in [6, 6.07) is 15.2. The maximum absolute atomic E-state index is 14.2. The Bertz CT molecular complexity index is 1350. The molecule has 0 aromatic heterocycles. The van der Waals surface area contributed by atoms with Gasteiger partial charge >= 0.3 is 5.97 Å². The maximum atomic E-state index is 14.2. The monoisotopic (exact) mass is 506 g/mol. The van der Waals surface area contributed by atoms with Gasteiger partial charge in [-0.05, 0) is 86.8 Å². The van der Waals surface area contributed by atoms with E-state index in [0.717, 1.165) is 23.1 Å². The second kappa shape index (κ2) is 10.1. The van der Waals surface area contributed by atoms with E-state index in [9.17, 15) is 19.1 Å². The predicted octanol–water partition coefficient (Wildman–Crippen LogP) is 5.33. The van der Waals surface area contributed by atoms with Gasteiger partial charge in [0.1, 0.15) is 30.0 Å². The van der Waals surface area contributed by atoms with Crippen LogP contribution < -0.4 is 19.7 Å². The molecule has 1 heterocycles. The fraction of sp³-hybridized carbons (Fsp3) is 0.310. The second-order valence-corrected chi connectivity index (χ2v) is 9.94. The Morgan fingerprint density at radius 1 is 1.14 bits per heavy atom. The molecule has 0 saturated carbocycles. The number of ether oxygens (including phenoxy) is 2. The molecule has 8 heteroatoms. The molecule has 0 radical (unpaired) electrons. The van der Waals surface area contributed by atoms with E-state index in [0.29, 0.717) is 30.0 Å². The summed E-state index contributed by atoms with van der Waals surface area (Å²) < 4.78 is 26.4. The summed E-state index contributed by atoms with van der Waals surface area (Å²) in [6.45, 7) is 7.64. The molecule has 0 aliphatic carbocycles. The SMILES string of the molecule is Cc1cc(C(=O)Nc2cc(F)cc(C(C)(C)C(=O)O)c2)c(C)cc1OC[C@@H]1CN(C)c2ccccc2O1. The number of amides is 1. The lowest BCUT2D eigenvalue weighted by atomic mass is 9.84. The summed E-state index contributed by atoms with van der Waals surface area (Å²) >= 11 is 0. The molecule has 0 fully saturated rings. The first kappa shape index (κ1) is 26.0. The first-order valence-electron chi connectivity index (χ1n) is 12.0. The van der Waals surface area contributed by atoms with Crippen LogP contribution in [-0.2, 0) is 10.2 Å². The van der Waals surface area contributed by atoms with Crippen LogP contribution in [0.4, 0.5) is 15.8 Å². The van der Waals surface area contributed by atoms with Gasteiger partial charge in [-0.3, -0.25) is 9.59 Å². The van der Waals surface area contributed by atoms with E-state index < -0.39 is 23.1 Å². The molecule has 1 aliphatic heterocycles. The number of rotatable bonds is 7. The zero-order valence-corrected chi connectivity index (χ0v) is 21.6. The molecule has 0 unspecified atom stereocenters. The molecule has 3 aromatic rings. The number of carboxylic acids is 1. The van der Waals surface area contributed by atoms with Crippen molar-refractivity contribution in [2.45, 2.75) is 39.2 Å². The molecular weight excluding hydrogens is 475 g/mol. The number of anilines is 2. The normalized spacial score (nSPS) is 15.0. The smallest absolute Gasteiger partial charge is 0.313 e. The molecule has 1 aliphatic rings. The van der Waals surface area contributed by atoms with Gasteiger partial charge in [0.05, 0.1) is 17.6 Å². The van der Waals surface area contributed by atoms with E-state index in [4.69, 9.17) is 9.47 Å². The number of aryl methyl sites for hydroxylation is 2. The molecule has 194 valence electrons. The van der Waals surface area contributed by atoms with Crippen molar-refractivity contribution >= 4 is 23.3 Å². The number of halogens is 1. The third-order valence-electron chi connectivity index (χ3n) is 6.65. The fourth-order valence-electron chi connectivity index (χ4n) is 4.30. The van der Waals surface area contributed by atoms with Crippen LogP contribution in [0.15, 0.2) is 54.6 Å². The van der Waals surface area contributed by atoms with Crippen LogP contribution in [0.1, 0.15) is 40.9 Å². The van der Waals surface area contributed by atoms with Crippen molar-refractivity contribution in [3.05, 3.63) is 82.7 Å². The van der Waals surface area contributed by atoms with Crippen molar-refractivity contribution in [1.82, 2.24) is 0 Å². The molecular formula is C29H31FN2O5. The molecule has 0 bridgehead atoms. The highest BCUT2D eigenvalue weighted by molar-refractivity contribution is 6.05. The molecule has 1 amide bonds. The highest BCUT2D eigenvalue weighted by atomic mass is 19.1. The number of fused-ring (bicyclic) bond motifs is 1. The molecule has 2 N–H and O–H groups in total. The lowest BCUT2D eigenvalue weighted by Gasteiger charge is -2.33. The number of para-hydroxylation sites is 2. The fourth-order valence-corrected chi connectivity index (χ4v) is 4.30. The summed E-state index contributed by atoms with van der Waals surface area (Å²) in [4.78, 5) is 26.8. The number of nitrogens with zero attached hydrogens (tertiary/aromatic N) is 1. The van der Waals surface area contributed by atoms with E-state index in [1.54, 1.807) is 19.1 Å². The molecule has 0 spiro atoms. The minimum atomic E-state index is -1.31. The van der Waals surface area contributed by atoms with Crippen LogP contribution in [0.5, 0.6) is 11.5 Å². The van der Waals surface area contributed by atoms with Crippen LogP contribution in [0.2, 0.25) is 0 Å². The van der Waals surface area contributed by atoms with Crippen LogP contribution >= 0.6 is 0 Å². The molecule has 3 aromatic carbocycles. The van der Waals surface area contributed by atoms with E-state index >= 15 is 0 Å². The Labute approximate surface area is 215 Å². The van der Waals surface area contributed by atoms with Gasteiger partial charge in [0, 0.05) is 18.3 Å². The standard InChI is InChI=1S/C29H31FN2O5/c1-17-11-26(36-16-22-15-32(5)24-8-6-7-9-25(24)37-22)18(2)10-23(17)27(33)31-21-13-19(12-20(30)14-21)29(3,4)28(34)35/h6-14,22H,15-16H2,1-5H3,(H,31,33)(H,34,35)/t22-/m0/s1. The van der Waals surface area contributed by atoms with Gasteiger partial charge in [0.15, 0.2) is 0 Å². The first-order valence-corrected chi connectivity index (χ1v) is 12.0. The summed E-state index contributed by atoms with van der Waals surface area (Å²) in [6.07, 6.45) is -0.153. The van der Waals surface area contributed by atoms with Gasteiger partial charge in [0.25, 0.3) is 5.91 Å². The van der Waals surface area contributed by atoms with Gasteiger partial charge in [-0.25, -0.2) is 4.39 Å². The van der Waals surface area contributed by atoms with Crippen molar-refractivity contribution in [3.8, 4) is 11.5 Å². The Hall–Kier alpha value is -4.07. The third kappa shape index (κ3) is 5.53. The topological polar surface area (TPSA) is 88.1 Å². The van der Waals surface area contributed by atoms with Gasteiger partial charge in [0.2, 0.25) is 0 Å². The average molecular weight is 507 g/mol. The number of hydrogen-bond donors (Lipinski definition) is 2. The van der Waals surface area contributed by atoms with E-state index in [2.05, 4.69) is 10.2 Å². The van der Waals surface area contributed by atoms with Crippen molar-refractivity contribution in [1.29, 1.82) is 0 Å². The first-order chi connectivity index (χ1) is 17.5. The lowest BCUT2D eigenvalue weighted by Crippen LogP contribution is -2.41. The molecule has 37 heavy (non-hydrogen) atoms. The number of nitrogens with one attached hydrogen (secondary N) is 1. The number of hydrogen-bond acceptors (Lipinski definition) is 5. The number of likely N-dealkylation sites (N-methyl/N-ethyl adjacent to an activating group) is 1. The summed E-state index contributed by atoms with van der Waals surface area (Å²) in [5.41, 5.74) is 2.04. The third-order valence-corrected chi connectivity index (χ3v) is 6.65. The highest BCUT2D eigenvalue weighted by Crippen LogP contribution is 2.33. The Kier molecular flexibility index (Phi) is 7.12. The van der Waals surface area contributed by atoms with E-state index in [1.807, 2.05) is 38.2 Å². The molecule has 1 atom stereocenters. The largest absolute Gasteiger partial charge is 0.489 e. The Balaban J connectivity index is 1.47. The average Bonchev–Trinajstić information content (AvgIpc) is 2.83. The Morgan fingerprint density at radius 2 is 1.86 bits per heavy atom. The van der Waals surface area contributed by atoms with E-state index in [-0.39, 0.29) is 17.4 Å². The number of carbonyl (C=O) groups excluding carboxylic acids is 1. The molecule has 7 nitrogen and oxygen atoms in total. The van der Waals surface area contributed by atoms with Crippen LogP contribution in [0, 0.1) is 19.7 Å². The van der Waals surface area contributed by atoms with Gasteiger partial charge in [-0.2, -0.15) is 0 Å². The number of carboxylic acid groups (broad SMARTS) is 1. The van der Waals surface area contributed by atoms with Gasteiger partial charge < -0.3 is 24.8 Å². The zero-order chi connectivity index (χ0) is 26.9. The van der Waals surface area contributed by atoms with Gasteiger partial charge in [-0.15, -0.1) is 0 Å². The highest BCUT2D eigenvalue weighted by Gasteiger charge is 2.30. The second-order valence-electron chi connectivity index (χ2n) is 9.94. The van der Waals surface area contributed by atoms with Crippen molar-refractivity contribution in [3.63, 3.8) is 0 Å². The number of aliphatic carboxylic acids is 1. The summed E-state index contributed by atoms with van der Waals surface area (Å²) in [5, 5.41) is 12.2. The minimum Gasteiger partial charge on any atom is -0.489 e. The van der Waals surface area contributed by atoms with Crippen molar-refractivity contribution < 1.29 is 28.6 Å². The predicted molar refractivity (Wildman–Crippen MR) is 141 cm³/mol. The number of carbonyl (C=O) groups is 2. The van der Waals surface area contributed by atoms with E-state index in [1.165, 1.54) is 26.0 Å². The van der Waals surface area contributed by atoms with Crippen molar-refractivity contribution in [2.75, 3.05) is 30.4 Å². The summed E-state index contributed by atoms with van der Waals surface area (Å²) in [5.74, 6) is -0.679. The number of benzene rings is 3. The van der Waals surface area contributed by atoms with Crippen molar-refractivity contribution in [2.24, 2.45) is 0 Å².